The highest BCUT2D eigenvalue weighted by Gasteiger charge is 2.27. The number of hydrogen-bond acceptors (Lipinski definition) is 4. The van der Waals surface area contributed by atoms with Gasteiger partial charge in [0.1, 0.15) is 5.82 Å². The molecule has 0 aliphatic rings. The van der Waals surface area contributed by atoms with Crippen molar-refractivity contribution in [3.63, 3.8) is 0 Å². The predicted octanol–water partition coefficient (Wildman–Crippen LogP) is 1.53. The molecule has 0 bridgehead atoms. The van der Waals surface area contributed by atoms with E-state index in [1.54, 1.807) is 19.1 Å². The third kappa shape index (κ3) is 4.82. The molecule has 1 rings (SSSR count). The van der Waals surface area contributed by atoms with Gasteiger partial charge in [-0.15, -0.1) is 0 Å². The summed E-state index contributed by atoms with van der Waals surface area (Å²) >= 11 is 0. The van der Waals surface area contributed by atoms with Crippen LogP contribution in [-0.4, -0.2) is 24.5 Å². The van der Waals surface area contributed by atoms with Crippen LogP contribution in [-0.2, 0) is 14.3 Å². The molecule has 21 heavy (non-hydrogen) atoms. The first kappa shape index (κ1) is 17.1. The van der Waals surface area contributed by atoms with E-state index >= 15 is 0 Å². The monoisotopic (exact) mass is 296 g/mol. The molecule has 0 aliphatic carbocycles. The van der Waals surface area contributed by atoms with Crippen molar-refractivity contribution >= 4 is 11.9 Å². The lowest BCUT2D eigenvalue weighted by molar-refractivity contribution is -0.148. The first-order chi connectivity index (χ1) is 9.86. The molecule has 1 amide bonds. The number of halogens is 1. The first-order valence-electron chi connectivity index (χ1n) is 6.84. The van der Waals surface area contributed by atoms with Crippen molar-refractivity contribution in [2.45, 2.75) is 32.9 Å². The molecule has 0 fully saturated rings. The van der Waals surface area contributed by atoms with Gasteiger partial charge in [0.05, 0.1) is 12.6 Å². The van der Waals surface area contributed by atoms with E-state index < -0.39 is 17.9 Å². The number of hydrogen-bond donors (Lipinski definition) is 2. The Balaban J connectivity index is 2.81. The Labute approximate surface area is 123 Å². The molecule has 5 nitrogen and oxygen atoms in total. The lowest BCUT2D eigenvalue weighted by Gasteiger charge is -2.24. The van der Waals surface area contributed by atoms with E-state index in [9.17, 15) is 14.0 Å². The molecule has 1 aromatic carbocycles. The molecule has 0 aromatic heterocycles. The van der Waals surface area contributed by atoms with Crippen molar-refractivity contribution in [2.24, 2.45) is 11.7 Å². The molecule has 0 radical (unpaired) electrons. The first-order valence-corrected chi connectivity index (χ1v) is 6.84. The van der Waals surface area contributed by atoms with Crippen molar-refractivity contribution in [3.8, 4) is 0 Å². The van der Waals surface area contributed by atoms with Gasteiger partial charge in [-0.2, -0.15) is 0 Å². The zero-order chi connectivity index (χ0) is 16.0. The largest absolute Gasteiger partial charge is 0.464 e. The van der Waals surface area contributed by atoms with Gasteiger partial charge in [-0.05, 0) is 30.5 Å². The zero-order valence-electron chi connectivity index (χ0n) is 12.4. The Kier molecular flexibility index (Phi) is 6.30. The number of carbonyl (C=O) groups excluding carboxylic acids is 2. The highest BCUT2D eigenvalue weighted by atomic mass is 19.1. The standard InChI is InChI=1S/C15H21FN2O3/c1-4-21-15(20)12(17)14(19)18-13(9(2)3)10-5-7-11(16)8-6-10/h5-9,12-13H,4,17H2,1-3H3,(H,18,19). The van der Waals surface area contributed by atoms with Gasteiger partial charge in [0.25, 0.3) is 0 Å². The highest BCUT2D eigenvalue weighted by molar-refractivity contribution is 6.01. The van der Waals surface area contributed by atoms with Crippen molar-refractivity contribution in [3.05, 3.63) is 35.6 Å². The van der Waals surface area contributed by atoms with Gasteiger partial charge < -0.3 is 15.8 Å². The van der Waals surface area contributed by atoms with Crippen LogP contribution in [0.3, 0.4) is 0 Å². The Morgan fingerprint density at radius 2 is 1.86 bits per heavy atom. The summed E-state index contributed by atoms with van der Waals surface area (Å²) in [6, 6.07) is 4.10. The molecule has 3 N–H and O–H groups in total. The molecule has 0 saturated heterocycles. The van der Waals surface area contributed by atoms with Crippen molar-refractivity contribution in [1.29, 1.82) is 0 Å². The van der Waals surface area contributed by atoms with Crippen LogP contribution in [0.1, 0.15) is 32.4 Å². The van der Waals surface area contributed by atoms with E-state index in [0.29, 0.717) is 0 Å². The number of nitrogens with two attached hydrogens (primary N) is 1. The second-order valence-corrected chi connectivity index (χ2v) is 5.01. The fraction of sp³-hybridized carbons (Fsp3) is 0.467. The third-order valence-corrected chi connectivity index (χ3v) is 3.02. The number of amides is 1. The van der Waals surface area contributed by atoms with E-state index in [2.05, 4.69) is 5.32 Å². The molecule has 2 atom stereocenters. The fourth-order valence-electron chi connectivity index (χ4n) is 1.89. The van der Waals surface area contributed by atoms with E-state index in [4.69, 9.17) is 10.5 Å². The van der Waals surface area contributed by atoms with E-state index in [1.807, 2.05) is 13.8 Å². The average Bonchev–Trinajstić information content (AvgIpc) is 2.44. The quantitative estimate of drug-likeness (QED) is 0.616. The topological polar surface area (TPSA) is 81.4 Å². The maximum Gasteiger partial charge on any atom is 0.332 e. The van der Waals surface area contributed by atoms with Gasteiger partial charge in [-0.3, -0.25) is 4.79 Å². The lowest BCUT2D eigenvalue weighted by atomic mass is 9.95. The maximum atomic E-state index is 13.0. The van der Waals surface area contributed by atoms with E-state index in [-0.39, 0.29) is 24.4 Å². The molecule has 0 saturated carbocycles. The SMILES string of the molecule is CCOC(=O)C(N)C(=O)NC(c1ccc(F)cc1)C(C)C. The van der Waals surface area contributed by atoms with Crippen LogP contribution in [0.15, 0.2) is 24.3 Å². The van der Waals surface area contributed by atoms with E-state index in [0.717, 1.165) is 5.56 Å². The number of nitrogens with one attached hydrogen (secondary N) is 1. The summed E-state index contributed by atoms with van der Waals surface area (Å²) in [5.74, 6) is -1.68. The lowest BCUT2D eigenvalue weighted by Crippen LogP contribution is -2.48. The second kappa shape index (κ2) is 7.73. The van der Waals surface area contributed by atoms with E-state index in [1.165, 1.54) is 12.1 Å². The molecule has 116 valence electrons. The summed E-state index contributed by atoms with van der Waals surface area (Å²) in [5.41, 5.74) is 6.30. The molecule has 0 spiro atoms. The molecule has 0 aliphatic heterocycles. The van der Waals surface area contributed by atoms with Crippen LogP contribution in [0.5, 0.6) is 0 Å². The van der Waals surface area contributed by atoms with Crippen LogP contribution in [0.25, 0.3) is 0 Å². The summed E-state index contributed by atoms with van der Waals surface area (Å²) < 4.78 is 17.7. The van der Waals surface area contributed by atoms with Crippen LogP contribution >= 0.6 is 0 Å². The average molecular weight is 296 g/mol. The maximum absolute atomic E-state index is 13.0. The second-order valence-electron chi connectivity index (χ2n) is 5.01. The Bertz CT molecular complexity index is 488. The molecule has 0 heterocycles. The third-order valence-electron chi connectivity index (χ3n) is 3.02. The number of ether oxygens (including phenoxy) is 1. The minimum Gasteiger partial charge on any atom is -0.464 e. The number of carbonyl (C=O) groups is 2. The molecular formula is C15H21FN2O3. The minimum atomic E-state index is -1.37. The van der Waals surface area contributed by atoms with Crippen LogP contribution in [0.4, 0.5) is 4.39 Å². The Morgan fingerprint density at radius 1 is 1.29 bits per heavy atom. The summed E-state index contributed by atoms with van der Waals surface area (Å²) in [7, 11) is 0. The predicted molar refractivity (Wildman–Crippen MR) is 76.7 cm³/mol. The summed E-state index contributed by atoms with van der Waals surface area (Å²) in [4.78, 5) is 23.5. The van der Waals surface area contributed by atoms with Gasteiger partial charge in [0.15, 0.2) is 6.04 Å². The smallest absolute Gasteiger partial charge is 0.332 e. The Hall–Kier alpha value is -1.95. The Morgan fingerprint density at radius 3 is 2.33 bits per heavy atom. The van der Waals surface area contributed by atoms with Crippen molar-refractivity contribution in [1.82, 2.24) is 5.32 Å². The minimum absolute atomic E-state index is 0.0498. The summed E-state index contributed by atoms with van der Waals surface area (Å²) in [6.07, 6.45) is 0. The highest BCUT2D eigenvalue weighted by Crippen LogP contribution is 2.22. The van der Waals surface area contributed by atoms with Crippen molar-refractivity contribution in [2.75, 3.05) is 6.61 Å². The fourth-order valence-corrected chi connectivity index (χ4v) is 1.89. The summed E-state index contributed by atoms with van der Waals surface area (Å²) in [6.45, 7) is 5.61. The number of esters is 1. The van der Waals surface area contributed by atoms with Gasteiger partial charge in [-0.1, -0.05) is 26.0 Å². The van der Waals surface area contributed by atoms with Crippen LogP contribution < -0.4 is 11.1 Å². The molecule has 2 unspecified atom stereocenters. The molecule has 6 heteroatoms. The van der Waals surface area contributed by atoms with Crippen LogP contribution in [0, 0.1) is 11.7 Å². The van der Waals surface area contributed by atoms with Gasteiger partial charge >= 0.3 is 5.97 Å². The number of rotatable bonds is 6. The normalized spacial score (nSPS) is 13.6. The zero-order valence-corrected chi connectivity index (χ0v) is 12.4. The molecule has 1 aromatic rings. The molecular weight excluding hydrogens is 275 g/mol. The van der Waals surface area contributed by atoms with Gasteiger partial charge in [-0.25, -0.2) is 9.18 Å². The number of benzene rings is 1. The van der Waals surface area contributed by atoms with Crippen LogP contribution in [0.2, 0.25) is 0 Å². The van der Waals surface area contributed by atoms with Gasteiger partial charge in [0, 0.05) is 0 Å². The van der Waals surface area contributed by atoms with Gasteiger partial charge in [0.2, 0.25) is 5.91 Å². The summed E-state index contributed by atoms with van der Waals surface area (Å²) in [5, 5.41) is 2.70. The van der Waals surface area contributed by atoms with Crippen molar-refractivity contribution < 1.29 is 18.7 Å².